The Morgan fingerprint density at radius 2 is 1.87 bits per heavy atom. The number of nitrogen functional groups attached to an aromatic ring is 1. The SMILES string of the molecule is Cc1nc2c(n1-c1nc(N)c(F)c(Nc3ccc(OC(F)(F)F)cc3)n1)CC(F)C=C2. The predicted molar refractivity (Wildman–Crippen MR) is 102 cm³/mol. The summed E-state index contributed by atoms with van der Waals surface area (Å²) in [5.74, 6) is -1.72. The quantitative estimate of drug-likeness (QED) is 0.592. The molecule has 0 radical (unpaired) electrons. The fraction of sp³-hybridized carbons (Fsp3) is 0.211. The summed E-state index contributed by atoms with van der Waals surface area (Å²) in [6, 6.07) is 4.62. The molecular weight excluding hydrogens is 423 g/mol. The van der Waals surface area contributed by atoms with Crippen LogP contribution in [0.15, 0.2) is 30.3 Å². The van der Waals surface area contributed by atoms with Crippen LogP contribution in [0, 0.1) is 12.7 Å². The number of benzene rings is 1. The number of ether oxygens (including phenoxy) is 1. The molecule has 0 saturated carbocycles. The minimum absolute atomic E-state index is 0.0211. The molecule has 0 saturated heterocycles. The van der Waals surface area contributed by atoms with Gasteiger partial charge in [0, 0.05) is 12.1 Å². The normalized spacial score (nSPS) is 15.6. The lowest BCUT2D eigenvalue weighted by Crippen LogP contribution is -2.17. The van der Waals surface area contributed by atoms with Crippen LogP contribution in [0.5, 0.6) is 5.75 Å². The molecule has 2 aromatic heterocycles. The Hall–Kier alpha value is -3.70. The van der Waals surface area contributed by atoms with Crippen molar-refractivity contribution in [2.24, 2.45) is 0 Å². The molecule has 4 rings (SSSR count). The zero-order valence-corrected chi connectivity index (χ0v) is 15.9. The number of nitrogens with one attached hydrogen (secondary N) is 1. The second-order valence-electron chi connectivity index (χ2n) is 6.67. The van der Waals surface area contributed by atoms with E-state index in [0.29, 0.717) is 17.2 Å². The first-order chi connectivity index (χ1) is 14.6. The number of fused-ring (bicyclic) bond motifs is 1. The van der Waals surface area contributed by atoms with Crippen molar-refractivity contribution in [2.45, 2.75) is 25.9 Å². The number of alkyl halides is 4. The molecule has 2 heterocycles. The molecule has 31 heavy (non-hydrogen) atoms. The highest BCUT2D eigenvalue weighted by molar-refractivity contribution is 5.62. The molecular formula is C19H15F5N6O. The monoisotopic (exact) mass is 438 g/mol. The lowest BCUT2D eigenvalue weighted by molar-refractivity contribution is -0.274. The number of allylic oxidation sites excluding steroid dienone is 1. The van der Waals surface area contributed by atoms with E-state index in [4.69, 9.17) is 5.73 Å². The van der Waals surface area contributed by atoms with Gasteiger partial charge in [0.15, 0.2) is 11.6 Å². The van der Waals surface area contributed by atoms with Gasteiger partial charge < -0.3 is 15.8 Å². The third-order valence-electron chi connectivity index (χ3n) is 4.44. The average molecular weight is 438 g/mol. The summed E-state index contributed by atoms with van der Waals surface area (Å²) < 4.78 is 70.5. The Balaban J connectivity index is 1.67. The number of anilines is 3. The van der Waals surface area contributed by atoms with E-state index in [2.05, 4.69) is 25.0 Å². The summed E-state index contributed by atoms with van der Waals surface area (Å²) in [5.41, 5.74) is 6.99. The maximum Gasteiger partial charge on any atom is 0.573 e. The lowest BCUT2D eigenvalue weighted by Gasteiger charge is -2.15. The fourth-order valence-electron chi connectivity index (χ4n) is 3.15. The third-order valence-corrected chi connectivity index (χ3v) is 4.44. The maximum atomic E-state index is 14.5. The summed E-state index contributed by atoms with van der Waals surface area (Å²) in [4.78, 5) is 12.4. The van der Waals surface area contributed by atoms with Crippen LogP contribution in [0.1, 0.15) is 17.2 Å². The van der Waals surface area contributed by atoms with Gasteiger partial charge in [-0.15, -0.1) is 13.2 Å². The molecule has 7 nitrogen and oxygen atoms in total. The molecule has 0 bridgehead atoms. The number of halogens is 5. The zero-order chi connectivity index (χ0) is 22.3. The van der Waals surface area contributed by atoms with E-state index in [0.717, 1.165) is 12.1 Å². The molecule has 0 aliphatic heterocycles. The number of hydrogen-bond donors (Lipinski definition) is 2. The largest absolute Gasteiger partial charge is 0.573 e. The Labute approximate surface area is 172 Å². The minimum atomic E-state index is -4.83. The van der Waals surface area contributed by atoms with E-state index < -0.39 is 29.9 Å². The number of nitrogens with zero attached hydrogens (tertiary/aromatic N) is 4. The second-order valence-corrected chi connectivity index (χ2v) is 6.67. The molecule has 162 valence electrons. The van der Waals surface area contributed by atoms with E-state index in [9.17, 15) is 22.0 Å². The molecule has 1 aliphatic rings. The van der Waals surface area contributed by atoms with Crippen LogP contribution in [0.25, 0.3) is 12.0 Å². The molecule has 0 spiro atoms. The van der Waals surface area contributed by atoms with E-state index in [1.54, 1.807) is 13.0 Å². The van der Waals surface area contributed by atoms with Gasteiger partial charge in [-0.1, -0.05) is 0 Å². The van der Waals surface area contributed by atoms with Crippen molar-refractivity contribution in [1.29, 1.82) is 0 Å². The Kier molecular flexibility index (Phi) is 4.99. The summed E-state index contributed by atoms with van der Waals surface area (Å²) in [7, 11) is 0. The smallest absolute Gasteiger partial charge is 0.406 e. The molecule has 0 amide bonds. The highest BCUT2D eigenvalue weighted by Crippen LogP contribution is 2.29. The maximum absolute atomic E-state index is 14.5. The molecule has 12 heteroatoms. The van der Waals surface area contributed by atoms with Crippen LogP contribution >= 0.6 is 0 Å². The molecule has 3 N–H and O–H groups in total. The zero-order valence-electron chi connectivity index (χ0n) is 15.9. The van der Waals surface area contributed by atoms with Gasteiger partial charge in [0.25, 0.3) is 0 Å². The molecule has 1 aliphatic carbocycles. The van der Waals surface area contributed by atoms with E-state index in [1.807, 2.05) is 0 Å². The van der Waals surface area contributed by atoms with Crippen molar-refractivity contribution in [2.75, 3.05) is 11.1 Å². The van der Waals surface area contributed by atoms with Crippen molar-refractivity contribution >= 4 is 23.4 Å². The molecule has 3 aromatic rings. The van der Waals surface area contributed by atoms with Crippen molar-refractivity contribution in [3.63, 3.8) is 0 Å². The number of aryl methyl sites for hydroxylation is 1. The van der Waals surface area contributed by atoms with Gasteiger partial charge in [-0.05, 0) is 43.3 Å². The van der Waals surface area contributed by atoms with Gasteiger partial charge in [0.2, 0.25) is 11.8 Å². The van der Waals surface area contributed by atoms with Gasteiger partial charge in [-0.2, -0.15) is 14.4 Å². The van der Waals surface area contributed by atoms with Gasteiger partial charge in [-0.3, -0.25) is 4.57 Å². The molecule has 1 aromatic carbocycles. The number of imidazole rings is 1. The molecule has 1 unspecified atom stereocenters. The standard InChI is InChI=1S/C19H15F5N6O/c1-9-26-13-7-2-10(20)8-14(13)30(9)18-28-16(25)15(21)17(29-18)27-11-3-5-12(6-4-11)31-19(22,23)24/h2-7,10H,8H2,1H3,(H3,25,27,28,29). The average Bonchev–Trinajstić information content (AvgIpc) is 3.00. The number of nitrogens with two attached hydrogens (primary N) is 1. The van der Waals surface area contributed by atoms with Crippen molar-refractivity contribution in [3.8, 4) is 11.7 Å². The lowest BCUT2D eigenvalue weighted by atomic mass is 10.1. The van der Waals surface area contributed by atoms with E-state index in [-0.39, 0.29) is 23.9 Å². The minimum Gasteiger partial charge on any atom is -0.406 e. The van der Waals surface area contributed by atoms with Crippen LogP contribution in [-0.4, -0.2) is 32.1 Å². The van der Waals surface area contributed by atoms with Gasteiger partial charge in [-0.25, -0.2) is 9.37 Å². The number of hydrogen-bond acceptors (Lipinski definition) is 6. The first-order valence-corrected chi connectivity index (χ1v) is 8.97. The highest BCUT2D eigenvalue weighted by Gasteiger charge is 2.31. The van der Waals surface area contributed by atoms with Crippen LogP contribution in [0.2, 0.25) is 0 Å². The molecule has 1 atom stereocenters. The van der Waals surface area contributed by atoms with Gasteiger partial charge >= 0.3 is 6.36 Å². The van der Waals surface area contributed by atoms with Crippen LogP contribution in [0.4, 0.5) is 39.3 Å². The molecule has 0 fully saturated rings. The number of rotatable bonds is 4. The van der Waals surface area contributed by atoms with Crippen LogP contribution in [0.3, 0.4) is 0 Å². The summed E-state index contributed by atoms with van der Waals surface area (Å²) >= 11 is 0. The van der Waals surface area contributed by atoms with Crippen molar-refractivity contribution in [3.05, 3.63) is 53.4 Å². The van der Waals surface area contributed by atoms with Crippen LogP contribution in [-0.2, 0) is 6.42 Å². The highest BCUT2D eigenvalue weighted by atomic mass is 19.4. The van der Waals surface area contributed by atoms with Crippen molar-refractivity contribution < 1.29 is 26.7 Å². The summed E-state index contributed by atoms with van der Waals surface area (Å²) in [6.45, 7) is 1.66. The van der Waals surface area contributed by atoms with Gasteiger partial charge in [0.1, 0.15) is 17.7 Å². The topological polar surface area (TPSA) is 90.9 Å². The van der Waals surface area contributed by atoms with E-state index in [1.165, 1.54) is 22.8 Å². The van der Waals surface area contributed by atoms with E-state index >= 15 is 0 Å². The Morgan fingerprint density at radius 1 is 1.16 bits per heavy atom. The third kappa shape index (κ3) is 4.27. The predicted octanol–water partition coefficient (Wildman–Crippen LogP) is 4.24. The summed E-state index contributed by atoms with van der Waals surface area (Å²) in [6.07, 6.45) is -3.07. The Morgan fingerprint density at radius 3 is 2.55 bits per heavy atom. The first-order valence-electron chi connectivity index (χ1n) is 8.97. The van der Waals surface area contributed by atoms with Crippen molar-refractivity contribution in [1.82, 2.24) is 19.5 Å². The fourth-order valence-corrected chi connectivity index (χ4v) is 3.15. The van der Waals surface area contributed by atoms with Crippen LogP contribution < -0.4 is 15.8 Å². The second kappa shape index (κ2) is 7.52. The number of aromatic nitrogens is 4. The Bertz CT molecular complexity index is 1160. The first kappa shape index (κ1) is 20.6. The summed E-state index contributed by atoms with van der Waals surface area (Å²) in [5, 5.41) is 2.65. The van der Waals surface area contributed by atoms with Gasteiger partial charge in [0.05, 0.1) is 11.4 Å².